The highest BCUT2D eigenvalue weighted by Crippen LogP contribution is 2.30. The fourth-order valence-electron chi connectivity index (χ4n) is 4.51. The number of hydrogen-bond donors (Lipinski definition) is 0. The molecule has 1 aromatic rings. The second-order valence-corrected chi connectivity index (χ2v) is 7.31. The summed E-state index contributed by atoms with van der Waals surface area (Å²) >= 11 is 0. The molecule has 0 spiro atoms. The fraction of sp³-hybridized carbons (Fsp3) is 0.600. The van der Waals surface area contributed by atoms with Crippen LogP contribution in [0.25, 0.3) is 0 Å². The Morgan fingerprint density at radius 2 is 2.00 bits per heavy atom. The van der Waals surface area contributed by atoms with Crippen molar-refractivity contribution in [2.24, 2.45) is 5.92 Å². The van der Waals surface area contributed by atoms with Crippen LogP contribution in [0.15, 0.2) is 36.7 Å². The van der Waals surface area contributed by atoms with Crippen molar-refractivity contribution in [1.29, 1.82) is 0 Å². The van der Waals surface area contributed by atoms with Crippen LogP contribution in [-0.2, 0) is 16.0 Å². The van der Waals surface area contributed by atoms with E-state index in [1.54, 1.807) is 0 Å². The van der Waals surface area contributed by atoms with Crippen LogP contribution in [0.3, 0.4) is 0 Å². The number of carbonyl (C=O) groups is 1. The van der Waals surface area contributed by atoms with Gasteiger partial charge in [0.1, 0.15) is 0 Å². The van der Waals surface area contributed by atoms with Crippen molar-refractivity contribution < 1.29 is 9.53 Å². The summed E-state index contributed by atoms with van der Waals surface area (Å²) in [4.78, 5) is 22.1. The maximum atomic E-state index is 13.1. The van der Waals surface area contributed by atoms with Crippen molar-refractivity contribution in [1.82, 2.24) is 14.8 Å². The zero-order chi connectivity index (χ0) is 17.1. The summed E-state index contributed by atoms with van der Waals surface area (Å²) in [5, 5.41) is 0. The first-order chi connectivity index (χ1) is 12.3. The maximum Gasteiger partial charge on any atom is 0.226 e. The third-order valence-electron chi connectivity index (χ3n) is 5.83. The Morgan fingerprint density at radius 1 is 1.20 bits per heavy atom. The van der Waals surface area contributed by atoms with Gasteiger partial charge in [-0.15, -0.1) is 0 Å². The smallest absolute Gasteiger partial charge is 0.226 e. The number of likely N-dealkylation sites (tertiary alicyclic amines) is 1. The lowest BCUT2D eigenvalue weighted by Gasteiger charge is -2.38. The topological polar surface area (TPSA) is 45.7 Å². The average Bonchev–Trinajstić information content (AvgIpc) is 3.33. The van der Waals surface area contributed by atoms with E-state index >= 15 is 0 Å². The Morgan fingerprint density at radius 3 is 2.72 bits per heavy atom. The van der Waals surface area contributed by atoms with Crippen molar-refractivity contribution in [2.75, 3.05) is 32.8 Å². The molecule has 0 unspecified atom stereocenters. The lowest BCUT2D eigenvalue weighted by Crippen LogP contribution is -2.52. The zero-order valence-electron chi connectivity index (χ0n) is 14.7. The molecule has 2 fully saturated rings. The molecule has 5 heteroatoms. The molecule has 2 saturated heterocycles. The van der Waals surface area contributed by atoms with E-state index in [9.17, 15) is 4.79 Å². The molecule has 5 nitrogen and oxygen atoms in total. The number of carbonyl (C=O) groups excluding carboxylic acids is 1. The van der Waals surface area contributed by atoms with Gasteiger partial charge in [0.15, 0.2) is 0 Å². The van der Waals surface area contributed by atoms with E-state index < -0.39 is 0 Å². The molecule has 25 heavy (non-hydrogen) atoms. The van der Waals surface area contributed by atoms with E-state index in [1.165, 1.54) is 5.56 Å². The first-order valence-corrected chi connectivity index (χ1v) is 9.49. The molecule has 3 heterocycles. The summed E-state index contributed by atoms with van der Waals surface area (Å²) in [6.07, 6.45) is 11.8. The Hall–Kier alpha value is -1.72. The second-order valence-electron chi connectivity index (χ2n) is 7.31. The highest BCUT2D eigenvalue weighted by molar-refractivity contribution is 5.80. The molecule has 1 aromatic heterocycles. The SMILES string of the molecule is O=C(C1CC=CC1)N1CC[C@@H](N2CCOCC2)[C@@H]1Cc1cccnc1. The van der Waals surface area contributed by atoms with Crippen molar-refractivity contribution in [3.63, 3.8) is 0 Å². The molecular weight excluding hydrogens is 314 g/mol. The number of allylic oxidation sites excluding steroid dienone is 2. The van der Waals surface area contributed by atoms with Crippen molar-refractivity contribution in [2.45, 2.75) is 37.8 Å². The van der Waals surface area contributed by atoms with Crippen LogP contribution in [0.5, 0.6) is 0 Å². The van der Waals surface area contributed by atoms with Gasteiger partial charge >= 0.3 is 0 Å². The highest BCUT2D eigenvalue weighted by Gasteiger charge is 2.42. The summed E-state index contributed by atoms with van der Waals surface area (Å²) in [6, 6.07) is 4.79. The van der Waals surface area contributed by atoms with Crippen LogP contribution in [0.2, 0.25) is 0 Å². The minimum atomic E-state index is 0.153. The lowest BCUT2D eigenvalue weighted by atomic mass is 9.98. The monoisotopic (exact) mass is 341 g/mol. The number of rotatable bonds is 4. The van der Waals surface area contributed by atoms with Crippen molar-refractivity contribution in [3.8, 4) is 0 Å². The molecule has 0 bridgehead atoms. The normalized spacial score (nSPS) is 27.9. The summed E-state index contributed by atoms with van der Waals surface area (Å²) in [7, 11) is 0. The molecule has 4 rings (SSSR count). The number of ether oxygens (including phenoxy) is 1. The van der Waals surface area contributed by atoms with Gasteiger partial charge in [-0.05, 0) is 37.3 Å². The molecule has 1 aliphatic carbocycles. The van der Waals surface area contributed by atoms with Crippen molar-refractivity contribution in [3.05, 3.63) is 42.2 Å². The van der Waals surface area contributed by atoms with E-state index in [-0.39, 0.29) is 12.0 Å². The van der Waals surface area contributed by atoms with Crippen LogP contribution in [0, 0.1) is 5.92 Å². The van der Waals surface area contributed by atoms with Gasteiger partial charge in [-0.25, -0.2) is 0 Å². The molecule has 2 atom stereocenters. The molecule has 0 aromatic carbocycles. The molecular formula is C20H27N3O2. The summed E-state index contributed by atoms with van der Waals surface area (Å²) in [5.74, 6) is 0.495. The number of amides is 1. The zero-order valence-corrected chi connectivity index (χ0v) is 14.7. The third-order valence-corrected chi connectivity index (χ3v) is 5.83. The number of nitrogens with zero attached hydrogens (tertiary/aromatic N) is 3. The van der Waals surface area contributed by atoms with E-state index in [4.69, 9.17) is 4.74 Å². The van der Waals surface area contributed by atoms with Crippen LogP contribution in [0.1, 0.15) is 24.8 Å². The van der Waals surface area contributed by atoms with Gasteiger partial charge in [0.25, 0.3) is 0 Å². The molecule has 0 radical (unpaired) electrons. The number of hydrogen-bond acceptors (Lipinski definition) is 4. The second kappa shape index (κ2) is 7.67. The molecule has 0 saturated carbocycles. The van der Waals surface area contributed by atoms with Crippen molar-refractivity contribution >= 4 is 5.91 Å². The van der Waals surface area contributed by atoms with Crippen LogP contribution < -0.4 is 0 Å². The molecule has 134 valence electrons. The van der Waals surface area contributed by atoms with E-state index in [0.29, 0.717) is 11.9 Å². The maximum absolute atomic E-state index is 13.1. The van der Waals surface area contributed by atoms with Gasteiger partial charge in [0.05, 0.1) is 19.3 Å². The molecule has 3 aliphatic rings. The van der Waals surface area contributed by atoms with Crippen LogP contribution >= 0.6 is 0 Å². The number of pyridine rings is 1. The number of morpholine rings is 1. The van der Waals surface area contributed by atoms with E-state index in [1.807, 2.05) is 18.5 Å². The highest BCUT2D eigenvalue weighted by atomic mass is 16.5. The Balaban J connectivity index is 1.53. The van der Waals surface area contributed by atoms with Crippen LogP contribution in [0.4, 0.5) is 0 Å². The van der Waals surface area contributed by atoms with Gasteiger partial charge in [-0.2, -0.15) is 0 Å². The standard InChI is InChI=1S/C20H27N3O2/c24-20(17-5-1-2-6-17)23-9-7-18(22-10-12-25-13-11-22)19(23)14-16-4-3-8-21-15-16/h1-4,8,15,17-19H,5-7,9-14H2/t18-,19+/m1/s1. The number of aromatic nitrogens is 1. The average molecular weight is 341 g/mol. The quantitative estimate of drug-likeness (QED) is 0.785. The molecule has 1 amide bonds. The summed E-state index contributed by atoms with van der Waals surface area (Å²) in [5.41, 5.74) is 1.22. The summed E-state index contributed by atoms with van der Waals surface area (Å²) in [6.45, 7) is 4.43. The first kappa shape index (κ1) is 16.7. The third kappa shape index (κ3) is 3.62. The Bertz CT molecular complexity index is 605. The largest absolute Gasteiger partial charge is 0.379 e. The predicted molar refractivity (Wildman–Crippen MR) is 96.1 cm³/mol. The molecule has 0 N–H and O–H groups in total. The van der Waals surface area contributed by atoms with Crippen LogP contribution in [-0.4, -0.2) is 65.6 Å². The predicted octanol–water partition coefficient (Wildman–Crippen LogP) is 1.89. The fourth-order valence-corrected chi connectivity index (χ4v) is 4.51. The Labute approximate surface area is 149 Å². The van der Waals surface area contributed by atoms with Gasteiger partial charge in [0, 0.05) is 44.0 Å². The van der Waals surface area contributed by atoms with E-state index in [2.05, 4.69) is 33.0 Å². The van der Waals surface area contributed by atoms with Gasteiger partial charge in [-0.3, -0.25) is 14.7 Å². The van der Waals surface area contributed by atoms with Gasteiger partial charge in [-0.1, -0.05) is 18.2 Å². The molecule has 2 aliphatic heterocycles. The minimum Gasteiger partial charge on any atom is -0.379 e. The van der Waals surface area contributed by atoms with E-state index in [0.717, 1.165) is 58.5 Å². The summed E-state index contributed by atoms with van der Waals surface area (Å²) < 4.78 is 5.53. The first-order valence-electron chi connectivity index (χ1n) is 9.49. The van der Waals surface area contributed by atoms with Gasteiger partial charge in [0.2, 0.25) is 5.91 Å². The van der Waals surface area contributed by atoms with Gasteiger partial charge < -0.3 is 9.64 Å². The Kier molecular flexibility index (Phi) is 5.13. The lowest BCUT2D eigenvalue weighted by molar-refractivity contribution is -0.136. The minimum absolute atomic E-state index is 0.153.